The summed E-state index contributed by atoms with van der Waals surface area (Å²) in [6, 6.07) is 13.6. The Morgan fingerprint density at radius 3 is 2.83 bits per heavy atom. The van der Waals surface area contributed by atoms with Gasteiger partial charge in [-0.1, -0.05) is 30.3 Å². The van der Waals surface area contributed by atoms with E-state index in [1.807, 2.05) is 29.7 Å². The van der Waals surface area contributed by atoms with Crippen LogP contribution in [0.5, 0.6) is 0 Å². The molecular formula is C18H17FN4O. The molecule has 0 aliphatic heterocycles. The van der Waals surface area contributed by atoms with Crippen molar-refractivity contribution in [2.75, 3.05) is 5.32 Å². The van der Waals surface area contributed by atoms with Gasteiger partial charge in [-0.05, 0) is 30.7 Å². The Balaban J connectivity index is 1.75. The van der Waals surface area contributed by atoms with E-state index in [9.17, 15) is 9.18 Å². The minimum Gasteiger partial charge on any atom is -0.326 e. The number of carbonyl (C=O) groups is 1. The third-order valence-electron chi connectivity index (χ3n) is 3.67. The first-order chi connectivity index (χ1) is 11.7. The number of nitrogens with zero attached hydrogens (tertiary/aromatic N) is 3. The summed E-state index contributed by atoms with van der Waals surface area (Å²) in [5.41, 5.74) is 1.87. The maximum Gasteiger partial charge on any atom is 0.228 e. The number of anilines is 1. The summed E-state index contributed by atoms with van der Waals surface area (Å²) in [4.78, 5) is 12.1. The molecule has 3 rings (SSSR count). The maximum atomic E-state index is 13.6. The van der Waals surface area contributed by atoms with E-state index in [1.165, 1.54) is 6.07 Å². The number of rotatable bonds is 5. The van der Waals surface area contributed by atoms with Crippen LogP contribution in [0, 0.1) is 5.82 Å². The van der Waals surface area contributed by atoms with Crippen LogP contribution in [0.2, 0.25) is 0 Å². The first-order valence-corrected chi connectivity index (χ1v) is 7.69. The molecule has 5 nitrogen and oxygen atoms in total. The van der Waals surface area contributed by atoms with Crippen LogP contribution in [0.3, 0.4) is 0 Å². The molecule has 0 bridgehead atoms. The maximum absolute atomic E-state index is 13.6. The Morgan fingerprint density at radius 2 is 2.04 bits per heavy atom. The van der Waals surface area contributed by atoms with Crippen molar-refractivity contribution in [3.8, 4) is 11.4 Å². The lowest BCUT2D eigenvalue weighted by molar-refractivity contribution is -0.115. The minimum absolute atomic E-state index is 0.0119. The van der Waals surface area contributed by atoms with Crippen LogP contribution in [0.25, 0.3) is 11.4 Å². The van der Waals surface area contributed by atoms with Crippen LogP contribution in [0.1, 0.15) is 12.5 Å². The summed E-state index contributed by atoms with van der Waals surface area (Å²) in [6.45, 7) is 2.76. The lowest BCUT2D eigenvalue weighted by Crippen LogP contribution is -2.15. The zero-order valence-corrected chi connectivity index (χ0v) is 13.2. The molecule has 0 aliphatic rings. The average Bonchev–Trinajstić information content (AvgIpc) is 3.06. The molecule has 0 fully saturated rings. The topological polar surface area (TPSA) is 59.8 Å². The first kappa shape index (κ1) is 15.9. The molecule has 1 aromatic heterocycles. The van der Waals surface area contributed by atoms with Crippen LogP contribution in [-0.4, -0.2) is 20.7 Å². The Labute approximate surface area is 139 Å². The van der Waals surface area contributed by atoms with Crippen molar-refractivity contribution in [2.24, 2.45) is 0 Å². The van der Waals surface area contributed by atoms with Crippen molar-refractivity contribution in [3.05, 3.63) is 66.2 Å². The van der Waals surface area contributed by atoms with Gasteiger partial charge in [0.15, 0.2) is 5.82 Å². The second kappa shape index (κ2) is 7.04. The van der Waals surface area contributed by atoms with E-state index in [4.69, 9.17) is 0 Å². The van der Waals surface area contributed by atoms with Gasteiger partial charge in [0.2, 0.25) is 5.91 Å². The predicted molar refractivity (Wildman–Crippen MR) is 89.9 cm³/mol. The van der Waals surface area contributed by atoms with Gasteiger partial charge in [0.25, 0.3) is 0 Å². The summed E-state index contributed by atoms with van der Waals surface area (Å²) >= 11 is 0. The molecular weight excluding hydrogens is 307 g/mol. The number of aryl methyl sites for hydroxylation is 1. The number of carbonyl (C=O) groups excluding carboxylic acids is 1. The fourth-order valence-electron chi connectivity index (χ4n) is 2.47. The summed E-state index contributed by atoms with van der Waals surface area (Å²) < 4.78 is 15.5. The Kier molecular flexibility index (Phi) is 4.65. The number of benzene rings is 2. The van der Waals surface area contributed by atoms with Crippen molar-refractivity contribution in [1.29, 1.82) is 0 Å². The predicted octanol–water partition coefficient (Wildman–Crippen LogP) is 3.29. The molecule has 0 spiro atoms. The highest BCUT2D eigenvalue weighted by atomic mass is 19.1. The smallest absolute Gasteiger partial charge is 0.228 e. The Morgan fingerprint density at radius 1 is 1.21 bits per heavy atom. The van der Waals surface area contributed by atoms with E-state index in [2.05, 4.69) is 15.5 Å². The van der Waals surface area contributed by atoms with Gasteiger partial charge in [-0.3, -0.25) is 4.79 Å². The van der Waals surface area contributed by atoms with E-state index in [-0.39, 0.29) is 18.1 Å². The molecule has 122 valence electrons. The summed E-state index contributed by atoms with van der Waals surface area (Å²) in [5, 5.41) is 10.8. The molecule has 1 N–H and O–H groups in total. The van der Waals surface area contributed by atoms with Gasteiger partial charge in [-0.25, -0.2) is 4.39 Å². The van der Waals surface area contributed by atoms with Crippen molar-refractivity contribution >= 4 is 11.6 Å². The van der Waals surface area contributed by atoms with Gasteiger partial charge >= 0.3 is 0 Å². The largest absolute Gasteiger partial charge is 0.326 e. The van der Waals surface area contributed by atoms with Crippen molar-refractivity contribution in [3.63, 3.8) is 0 Å². The zero-order valence-electron chi connectivity index (χ0n) is 13.2. The molecule has 1 amide bonds. The summed E-state index contributed by atoms with van der Waals surface area (Å²) in [6.07, 6.45) is 1.65. The molecule has 3 aromatic rings. The van der Waals surface area contributed by atoms with E-state index in [0.717, 1.165) is 17.9 Å². The summed E-state index contributed by atoms with van der Waals surface area (Å²) in [5.74, 6) is 0.0920. The third kappa shape index (κ3) is 3.48. The Bertz CT molecular complexity index is 859. The molecule has 24 heavy (non-hydrogen) atoms. The Hall–Kier alpha value is -3.02. The summed E-state index contributed by atoms with van der Waals surface area (Å²) in [7, 11) is 0. The molecule has 0 saturated carbocycles. The van der Waals surface area contributed by atoms with Crippen molar-refractivity contribution in [1.82, 2.24) is 14.8 Å². The van der Waals surface area contributed by atoms with Gasteiger partial charge in [-0.15, -0.1) is 10.2 Å². The third-order valence-corrected chi connectivity index (χ3v) is 3.67. The van der Waals surface area contributed by atoms with Gasteiger partial charge in [-0.2, -0.15) is 0 Å². The van der Waals surface area contributed by atoms with Gasteiger partial charge in [0.05, 0.1) is 6.42 Å². The minimum atomic E-state index is -0.377. The first-order valence-electron chi connectivity index (χ1n) is 7.69. The monoisotopic (exact) mass is 324 g/mol. The van der Waals surface area contributed by atoms with Crippen LogP contribution in [0.15, 0.2) is 54.9 Å². The number of nitrogens with one attached hydrogen (secondary N) is 1. The van der Waals surface area contributed by atoms with E-state index in [1.54, 1.807) is 30.6 Å². The van der Waals surface area contributed by atoms with Crippen LogP contribution in [-0.2, 0) is 17.8 Å². The second-order valence-electron chi connectivity index (χ2n) is 5.34. The molecule has 1 heterocycles. The van der Waals surface area contributed by atoms with E-state index >= 15 is 0 Å². The van der Waals surface area contributed by atoms with Gasteiger partial charge in [0.1, 0.15) is 12.1 Å². The molecule has 0 unspecified atom stereocenters. The molecule has 0 radical (unpaired) electrons. The standard InChI is InChI=1S/C18H17FN4O/c1-2-23-12-20-22-18(23)14-7-5-8-15(10-14)21-17(24)11-13-6-3-4-9-16(13)19/h3-10,12H,2,11H2,1H3,(H,21,24). The lowest BCUT2D eigenvalue weighted by Gasteiger charge is -2.08. The molecule has 6 heteroatoms. The highest BCUT2D eigenvalue weighted by Crippen LogP contribution is 2.21. The fourth-order valence-corrected chi connectivity index (χ4v) is 2.47. The zero-order chi connectivity index (χ0) is 16.9. The van der Waals surface area contributed by atoms with Gasteiger partial charge < -0.3 is 9.88 Å². The van der Waals surface area contributed by atoms with Crippen LogP contribution >= 0.6 is 0 Å². The van der Waals surface area contributed by atoms with Gasteiger partial charge in [0, 0.05) is 17.8 Å². The highest BCUT2D eigenvalue weighted by molar-refractivity contribution is 5.92. The average molecular weight is 324 g/mol. The number of aromatic nitrogens is 3. The van der Waals surface area contributed by atoms with Crippen molar-refractivity contribution < 1.29 is 9.18 Å². The fraction of sp³-hybridized carbons (Fsp3) is 0.167. The molecule has 2 aromatic carbocycles. The molecule has 0 saturated heterocycles. The van der Waals surface area contributed by atoms with Crippen LogP contribution < -0.4 is 5.32 Å². The number of hydrogen-bond donors (Lipinski definition) is 1. The SMILES string of the molecule is CCn1cnnc1-c1cccc(NC(=O)Cc2ccccc2F)c1. The molecule has 0 aliphatic carbocycles. The van der Waals surface area contributed by atoms with E-state index in [0.29, 0.717) is 11.3 Å². The quantitative estimate of drug-likeness (QED) is 0.783. The molecule has 0 atom stereocenters. The number of amides is 1. The lowest BCUT2D eigenvalue weighted by atomic mass is 10.1. The number of hydrogen-bond acceptors (Lipinski definition) is 3. The van der Waals surface area contributed by atoms with Crippen LogP contribution in [0.4, 0.5) is 10.1 Å². The second-order valence-corrected chi connectivity index (χ2v) is 5.34. The normalized spacial score (nSPS) is 10.6. The van der Waals surface area contributed by atoms with E-state index < -0.39 is 0 Å². The van der Waals surface area contributed by atoms with Crippen molar-refractivity contribution in [2.45, 2.75) is 19.9 Å². The highest BCUT2D eigenvalue weighted by Gasteiger charge is 2.10. The number of halogens is 1.